The predicted molar refractivity (Wildman–Crippen MR) is 102 cm³/mol. The molecule has 4 N–H and O–H groups in total. The Hall–Kier alpha value is -0.890. The SMILES string of the molecule is C[C@H]1[C@H](O[C@@H]2O[C@H](C(=O)O)[C@@H](O)[C@H](O)[C@H]2O)O[C@@H]2O[C@@]3(C)CC[C@H]4[C@H](C)CC[C@@H]1[C@@]24OO3. The number of carboxylic acid groups (broad SMARTS) is 1. The van der Waals surface area contributed by atoms with E-state index in [1.54, 1.807) is 6.92 Å². The van der Waals surface area contributed by atoms with E-state index in [1.165, 1.54) is 0 Å². The molecule has 1 saturated carbocycles. The third-order valence-corrected chi connectivity index (χ3v) is 8.18. The first kappa shape index (κ1) is 22.9. The van der Waals surface area contributed by atoms with Crippen molar-refractivity contribution in [2.45, 2.75) is 101 Å². The number of carboxylic acids is 1. The second-order valence-corrected chi connectivity index (χ2v) is 10.1. The van der Waals surface area contributed by atoms with E-state index >= 15 is 0 Å². The summed E-state index contributed by atoms with van der Waals surface area (Å²) in [6, 6.07) is 0. The normalized spacial score (nSPS) is 57.5. The Labute approximate surface area is 185 Å². The molecule has 0 unspecified atom stereocenters. The van der Waals surface area contributed by atoms with Crippen LogP contribution < -0.4 is 0 Å². The highest BCUT2D eigenvalue weighted by atomic mass is 17.3. The Morgan fingerprint density at radius 1 is 0.938 bits per heavy atom. The van der Waals surface area contributed by atoms with Gasteiger partial charge in [-0.05, 0) is 38.0 Å². The minimum absolute atomic E-state index is 0.0402. The van der Waals surface area contributed by atoms with Crippen molar-refractivity contribution in [3.05, 3.63) is 0 Å². The van der Waals surface area contributed by atoms with Crippen molar-refractivity contribution in [3.8, 4) is 0 Å². The van der Waals surface area contributed by atoms with Crippen LogP contribution in [-0.2, 0) is 33.5 Å². The summed E-state index contributed by atoms with van der Waals surface area (Å²) >= 11 is 0. The Morgan fingerprint density at radius 3 is 2.41 bits per heavy atom. The van der Waals surface area contributed by atoms with Crippen LogP contribution in [0.1, 0.15) is 46.5 Å². The lowest BCUT2D eigenvalue weighted by molar-refractivity contribution is -0.579. The van der Waals surface area contributed by atoms with Crippen molar-refractivity contribution >= 4 is 5.97 Å². The Kier molecular flexibility index (Phi) is 5.59. The molecule has 1 spiro atoms. The topological polar surface area (TPSA) is 153 Å². The van der Waals surface area contributed by atoms with Crippen LogP contribution >= 0.6 is 0 Å². The molecule has 0 aromatic rings. The van der Waals surface area contributed by atoms with Crippen molar-refractivity contribution in [2.75, 3.05) is 0 Å². The third-order valence-electron chi connectivity index (χ3n) is 8.18. The van der Waals surface area contributed by atoms with Gasteiger partial charge in [0.2, 0.25) is 5.79 Å². The molecule has 182 valence electrons. The van der Waals surface area contributed by atoms with Crippen molar-refractivity contribution in [3.63, 3.8) is 0 Å². The molecular formula is C21H32O11. The second kappa shape index (κ2) is 7.82. The number of aliphatic carboxylic acids is 1. The van der Waals surface area contributed by atoms with Crippen LogP contribution in [0.3, 0.4) is 0 Å². The summed E-state index contributed by atoms with van der Waals surface area (Å²) in [6.45, 7) is 5.94. The fourth-order valence-corrected chi connectivity index (χ4v) is 6.32. The molecule has 5 aliphatic heterocycles. The first-order chi connectivity index (χ1) is 15.1. The second-order valence-electron chi connectivity index (χ2n) is 10.1. The van der Waals surface area contributed by atoms with Crippen LogP contribution in [0.5, 0.6) is 0 Å². The highest BCUT2D eigenvalue weighted by Crippen LogP contribution is 2.60. The molecule has 2 bridgehead atoms. The first-order valence-corrected chi connectivity index (χ1v) is 11.4. The lowest BCUT2D eigenvalue weighted by Crippen LogP contribution is -2.71. The van der Waals surface area contributed by atoms with Gasteiger partial charge in [0.15, 0.2) is 30.6 Å². The highest BCUT2D eigenvalue weighted by Gasteiger charge is 2.69. The van der Waals surface area contributed by atoms with Crippen molar-refractivity contribution in [1.29, 1.82) is 0 Å². The summed E-state index contributed by atoms with van der Waals surface area (Å²) in [5, 5.41) is 39.7. The van der Waals surface area contributed by atoms with E-state index in [0.717, 1.165) is 19.3 Å². The maximum atomic E-state index is 11.4. The van der Waals surface area contributed by atoms with Crippen LogP contribution in [0, 0.1) is 23.7 Å². The van der Waals surface area contributed by atoms with Gasteiger partial charge in [-0.25, -0.2) is 14.6 Å². The number of carbonyl (C=O) groups is 1. The number of hydrogen-bond donors (Lipinski definition) is 4. The summed E-state index contributed by atoms with van der Waals surface area (Å²) in [4.78, 5) is 23.2. The molecule has 0 aromatic heterocycles. The molecule has 0 amide bonds. The third kappa shape index (κ3) is 3.25. The maximum Gasteiger partial charge on any atom is 0.335 e. The molecule has 0 aromatic carbocycles. The fraction of sp³-hybridized carbons (Fsp3) is 0.952. The number of fused-ring (bicyclic) bond motifs is 2. The lowest BCUT2D eigenvalue weighted by Gasteiger charge is -2.60. The Bertz CT molecular complexity index is 749. The standard InChI is InChI=1S/C21H32O11/c1-8-4-5-11-9(2)17(28-18-14(24)12(22)13(23)15(27-18)16(25)26)29-19-21(11)10(8)6-7-20(3,30-19)31-32-21/h8-15,17-19,22-24H,4-7H2,1-3H3,(H,25,26)/t8-,9-,10+,11+,12+,13+,14-,15+,17-,18+,19-,20-,21-/m1/s1. The van der Waals surface area contributed by atoms with Gasteiger partial charge >= 0.3 is 5.97 Å². The van der Waals surface area contributed by atoms with Gasteiger partial charge in [-0.15, -0.1) is 0 Å². The Morgan fingerprint density at radius 2 is 1.69 bits per heavy atom. The summed E-state index contributed by atoms with van der Waals surface area (Å²) < 4.78 is 23.7. The van der Waals surface area contributed by atoms with Gasteiger partial charge in [-0.2, -0.15) is 0 Å². The first-order valence-electron chi connectivity index (χ1n) is 11.4. The van der Waals surface area contributed by atoms with Gasteiger partial charge in [0, 0.05) is 18.3 Å². The number of aliphatic hydroxyl groups is 3. The molecule has 6 aliphatic rings. The average molecular weight is 460 g/mol. The largest absolute Gasteiger partial charge is 0.479 e. The highest BCUT2D eigenvalue weighted by molar-refractivity contribution is 5.73. The van der Waals surface area contributed by atoms with Crippen molar-refractivity contribution < 1.29 is 53.9 Å². The number of ether oxygens (including phenoxy) is 4. The van der Waals surface area contributed by atoms with Gasteiger partial charge in [-0.1, -0.05) is 13.8 Å². The molecule has 11 nitrogen and oxygen atoms in total. The average Bonchev–Trinajstić information content (AvgIpc) is 2.97. The van der Waals surface area contributed by atoms with E-state index in [9.17, 15) is 25.2 Å². The molecule has 5 saturated heterocycles. The molecule has 11 heteroatoms. The number of aliphatic hydroxyl groups excluding tert-OH is 3. The summed E-state index contributed by atoms with van der Waals surface area (Å²) in [7, 11) is 0. The van der Waals surface area contributed by atoms with Crippen LogP contribution in [0.4, 0.5) is 0 Å². The van der Waals surface area contributed by atoms with Gasteiger partial charge < -0.3 is 39.4 Å². The van der Waals surface area contributed by atoms with E-state index in [2.05, 4.69) is 6.92 Å². The van der Waals surface area contributed by atoms with Crippen molar-refractivity contribution in [1.82, 2.24) is 0 Å². The molecule has 1 aliphatic carbocycles. The number of rotatable bonds is 3. The maximum absolute atomic E-state index is 11.4. The summed E-state index contributed by atoms with van der Waals surface area (Å²) in [5.41, 5.74) is -0.793. The monoisotopic (exact) mass is 460 g/mol. The van der Waals surface area contributed by atoms with Gasteiger partial charge in [0.1, 0.15) is 18.3 Å². The van der Waals surface area contributed by atoms with Gasteiger partial charge in [-0.3, -0.25) is 0 Å². The predicted octanol–water partition coefficient (Wildman–Crippen LogP) is 0.103. The van der Waals surface area contributed by atoms with Gasteiger partial charge in [0.05, 0.1) is 0 Å². The molecule has 32 heavy (non-hydrogen) atoms. The van der Waals surface area contributed by atoms with Crippen LogP contribution in [0.2, 0.25) is 0 Å². The van der Waals surface area contributed by atoms with Crippen LogP contribution in [-0.4, -0.2) is 81.1 Å². The fourth-order valence-electron chi connectivity index (χ4n) is 6.32. The molecule has 6 fully saturated rings. The van der Waals surface area contributed by atoms with E-state index in [1.807, 2.05) is 6.92 Å². The van der Waals surface area contributed by atoms with Crippen LogP contribution in [0.15, 0.2) is 0 Å². The summed E-state index contributed by atoms with van der Waals surface area (Å²) in [6.07, 6.45) is -6.80. The molecule has 5 heterocycles. The van der Waals surface area contributed by atoms with E-state index < -0.39 is 60.6 Å². The van der Waals surface area contributed by atoms with Crippen LogP contribution in [0.25, 0.3) is 0 Å². The number of hydrogen-bond acceptors (Lipinski definition) is 10. The summed E-state index contributed by atoms with van der Waals surface area (Å²) in [5.74, 6) is -2.14. The van der Waals surface area contributed by atoms with E-state index in [4.69, 9.17) is 28.7 Å². The lowest BCUT2D eigenvalue weighted by atomic mass is 9.58. The molecule has 13 atom stereocenters. The minimum atomic E-state index is -1.79. The molecule has 0 radical (unpaired) electrons. The van der Waals surface area contributed by atoms with E-state index in [-0.39, 0.29) is 17.8 Å². The quantitative estimate of drug-likeness (QED) is 0.424. The Balaban J connectivity index is 1.41. The zero-order valence-electron chi connectivity index (χ0n) is 18.3. The molecular weight excluding hydrogens is 428 g/mol. The minimum Gasteiger partial charge on any atom is -0.479 e. The molecule has 6 rings (SSSR count). The van der Waals surface area contributed by atoms with E-state index in [0.29, 0.717) is 12.3 Å². The zero-order valence-corrected chi connectivity index (χ0v) is 18.3. The smallest absolute Gasteiger partial charge is 0.335 e. The van der Waals surface area contributed by atoms with Crippen molar-refractivity contribution in [2.24, 2.45) is 23.7 Å². The van der Waals surface area contributed by atoms with Gasteiger partial charge in [0.25, 0.3) is 0 Å². The zero-order chi connectivity index (χ0) is 23.0.